The molecule has 1 N–H and O–H groups in total. The lowest BCUT2D eigenvalue weighted by Crippen LogP contribution is -2.34. The van der Waals surface area contributed by atoms with Gasteiger partial charge in [-0.25, -0.2) is 8.42 Å². The van der Waals surface area contributed by atoms with E-state index in [9.17, 15) is 8.42 Å². The van der Waals surface area contributed by atoms with E-state index >= 15 is 0 Å². The summed E-state index contributed by atoms with van der Waals surface area (Å²) in [5.74, 6) is 0. The van der Waals surface area contributed by atoms with Crippen LogP contribution in [0.3, 0.4) is 0 Å². The third-order valence-electron chi connectivity index (χ3n) is 3.12. The molecule has 1 aromatic carbocycles. The minimum absolute atomic E-state index is 0.126. The van der Waals surface area contributed by atoms with Crippen molar-refractivity contribution in [3.63, 3.8) is 0 Å². The van der Waals surface area contributed by atoms with Gasteiger partial charge in [0.25, 0.3) is 0 Å². The van der Waals surface area contributed by atoms with Gasteiger partial charge in [-0.2, -0.15) is 4.31 Å². The number of aliphatic hydroxyl groups is 1. The predicted octanol–water partition coefficient (Wildman–Crippen LogP) is 1.45. The van der Waals surface area contributed by atoms with Crippen molar-refractivity contribution in [3.05, 3.63) is 23.8 Å². The third-order valence-corrected chi connectivity index (χ3v) is 5.02. The molecular weight excluding hydrogens is 276 g/mol. The van der Waals surface area contributed by atoms with Crippen LogP contribution in [0.1, 0.15) is 18.9 Å². The first-order chi connectivity index (χ1) is 9.34. The molecule has 6 heteroatoms. The number of nitrogens with zero attached hydrogens (tertiary/aromatic N) is 2. The minimum Gasteiger partial charge on any atom is -0.395 e. The zero-order valence-corrected chi connectivity index (χ0v) is 13.4. The van der Waals surface area contributed by atoms with Crippen LogP contribution in [0.15, 0.2) is 23.1 Å². The number of hydrogen-bond donors (Lipinski definition) is 1. The predicted molar refractivity (Wildman–Crippen MR) is 81.6 cm³/mol. The molecule has 1 aromatic rings. The Morgan fingerprint density at radius 3 is 2.35 bits per heavy atom. The molecule has 114 valence electrons. The molecule has 20 heavy (non-hydrogen) atoms. The van der Waals surface area contributed by atoms with Gasteiger partial charge in [0.1, 0.15) is 0 Å². The number of benzene rings is 1. The first-order valence-electron chi connectivity index (χ1n) is 6.73. The maximum Gasteiger partial charge on any atom is 0.243 e. The van der Waals surface area contributed by atoms with Gasteiger partial charge in [-0.1, -0.05) is 13.0 Å². The second kappa shape index (κ2) is 7.06. The topological polar surface area (TPSA) is 60.9 Å². The summed E-state index contributed by atoms with van der Waals surface area (Å²) >= 11 is 0. The molecule has 0 saturated heterocycles. The van der Waals surface area contributed by atoms with Gasteiger partial charge in [0.15, 0.2) is 0 Å². The van der Waals surface area contributed by atoms with Crippen molar-refractivity contribution in [2.75, 3.05) is 38.7 Å². The normalized spacial score (nSPS) is 11.9. The SMILES string of the molecule is CCCN(CCO)S(=O)(=O)c1ccc(C)c(N(C)C)c1. The molecule has 0 aliphatic rings. The van der Waals surface area contributed by atoms with Gasteiger partial charge in [-0.3, -0.25) is 0 Å². The van der Waals surface area contributed by atoms with E-state index in [-0.39, 0.29) is 18.0 Å². The monoisotopic (exact) mass is 300 g/mol. The first-order valence-corrected chi connectivity index (χ1v) is 8.17. The highest BCUT2D eigenvalue weighted by Crippen LogP contribution is 2.24. The van der Waals surface area contributed by atoms with Crippen LogP contribution in [0.2, 0.25) is 0 Å². The lowest BCUT2D eigenvalue weighted by atomic mass is 10.2. The maximum atomic E-state index is 12.6. The van der Waals surface area contributed by atoms with Gasteiger partial charge in [0, 0.05) is 32.9 Å². The van der Waals surface area contributed by atoms with Crippen LogP contribution in [-0.4, -0.2) is 51.6 Å². The van der Waals surface area contributed by atoms with E-state index in [1.165, 1.54) is 4.31 Å². The fourth-order valence-corrected chi connectivity index (χ4v) is 3.64. The molecule has 0 saturated carbocycles. The fourth-order valence-electron chi connectivity index (χ4n) is 2.09. The Bertz CT molecular complexity index is 535. The summed E-state index contributed by atoms with van der Waals surface area (Å²) < 4.78 is 26.5. The van der Waals surface area contributed by atoms with Crippen molar-refractivity contribution in [3.8, 4) is 0 Å². The molecule has 0 atom stereocenters. The molecule has 5 nitrogen and oxygen atoms in total. The van der Waals surface area contributed by atoms with Gasteiger partial charge in [0.2, 0.25) is 10.0 Å². The Kier molecular flexibility index (Phi) is 5.98. The van der Waals surface area contributed by atoms with E-state index in [4.69, 9.17) is 5.11 Å². The van der Waals surface area contributed by atoms with Crippen LogP contribution >= 0.6 is 0 Å². The Balaban J connectivity index is 3.23. The van der Waals surface area contributed by atoms with Gasteiger partial charge < -0.3 is 10.0 Å². The Hall–Kier alpha value is -1.11. The number of aryl methyl sites for hydroxylation is 1. The second-order valence-electron chi connectivity index (χ2n) is 4.97. The van der Waals surface area contributed by atoms with Crippen molar-refractivity contribution in [1.82, 2.24) is 4.31 Å². The number of hydrogen-bond acceptors (Lipinski definition) is 4. The number of rotatable bonds is 7. The molecule has 0 aromatic heterocycles. The highest BCUT2D eigenvalue weighted by molar-refractivity contribution is 7.89. The van der Waals surface area contributed by atoms with E-state index in [1.54, 1.807) is 12.1 Å². The molecule has 0 amide bonds. The van der Waals surface area contributed by atoms with Crippen LogP contribution in [0.4, 0.5) is 5.69 Å². The molecule has 0 aliphatic heterocycles. The molecule has 0 unspecified atom stereocenters. The molecule has 0 bridgehead atoms. The van der Waals surface area contributed by atoms with Crippen molar-refractivity contribution < 1.29 is 13.5 Å². The van der Waals surface area contributed by atoms with Gasteiger partial charge in [-0.05, 0) is 31.0 Å². The van der Waals surface area contributed by atoms with Gasteiger partial charge >= 0.3 is 0 Å². The quantitative estimate of drug-likeness (QED) is 0.828. The average molecular weight is 300 g/mol. The van der Waals surface area contributed by atoms with Crippen molar-refractivity contribution in [2.24, 2.45) is 0 Å². The smallest absolute Gasteiger partial charge is 0.243 e. The van der Waals surface area contributed by atoms with Gasteiger partial charge in [-0.15, -0.1) is 0 Å². The second-order valence-corrected chi connectivity index (χ2v) is 6.91. The van der Waals surface area contributed by atoms with E-state index in [1.807, 2.05) is 38.9 Å². The number of aliphatic hydroxyl groups excluding tert-OH is 1. The fraction of sp³-hybridized carbons (Fsp3) is 0.571. The molecule has 0 spiro atoms. The van der Waals surface area contributed by atoms with Crippen molar-refractivity contribution >= 4 is 15.7 Å². The van der Waals surface area contributed by atoms with Crippen LogP contribution in [0.5, 0.6) is 0 Å². The van der Waals surface area contributed by atoms with Crippen LogP contribution in [0.25, 0.3) is 0 Å². The Morgan fingerprint density at radius 1 is 1.20 bits per heavy atom. The summed E-state index contributed by atoms with van der Waals surface area (Å²) in [5.41, 5.74) is 1.91. The molecule has 0 heterocycles. The molecular formula is C14H24N2O3S. The Morgan fingerprint density at radius 2 is 1.85 bits per heavy atom. The number of sulfonamides is 1. The molecule has 0 fully saturated rings. The van der Waals surface area contributed by atoms with E-state index in [0.717, 1.165) is 11.3 Å². The number of anilines is 1. The average Bonchev–Trinajstić information content (AvgIpc) is 2.38. The van der Waals surface area contributed by atoms with Gasteiger partial charge in [0.05, 0.1) is 11.5 Å². The first kappa shape index (κ1) is 16.9. The lowest BCUT2D eigenvalue weighted by Gasteiger charge is -2.22. The third kappa shape index (κ3) is 3.71. The highest BCUT2D eigenvalue weighted by Gasteiger charge is 2.24. The van der Waals surface area contributed by atoms with E-state index in [2.05, 4.69) is 0 Å². The molecule has 1 rings (SSSR count). The summed E-state index contributed by atoms with van der Waals surface area (Å²) in [4.78, 5) is 2.17. The molecule has 0 radical (unpaired) electrons. The maximum absolute atomic E-state index is 12.6. The summed E-state index contributed by atoms with van der Waals surface area (Å²) in [6.07, 6.45) is 0.714. The summed E-state index contributed by atoms with van der Waals surface area (Å²) in [7, 11) is 0.219. The summed E-state index contributed by atoms with van der Waals surface area (Å²) in [5, 5.41) is 9.05. The van der Waals surface area contributed by atoms with Crippen molar-refractivity contribution in [2.45, 2.75) is 25.2 Å². The Labute approximate surface area is 121 Å². The van der Waals surface area contributed by atoms with Crippen LogP contribution < -0.4 is 4.90 Å². The summed E-state index contributed by atoms with van der Waals surface area (Å²) in [6.45, 7) is 4.23. The van der Waals surface area contributed by atoms with Crippen LogP contribution in [0, 0.1) is 6.92 Å². The zero-order chi connectivity index (χ0) is 15.3. The zero-order valence-electron chi connectivity index (χ0n) is 12.6. The summed E-state index contributed by atoms with van der Waals surface area (Å²) in [6, 6.07) is 5.12. The van der Waals surface area contributed by atoms with Crippen LogP contribution in [-0.2, 0) is 10.0 Å². The van der Waals surface area contributed by atoms with E-state index < -0.39 is 10.0 Å². The van der Waals surface area contributed by atoms with Crippen molar-refractivity contribution in [1.29, 1.82) is 0 Å². The minimum atomic E-state index is -3.55. The highest BCUT2D eigenvalue weighted by atomic mass is 32.2. The largest absolute Gasteiger partial charge is 0.395 e. The lowest BCUT2D eigenvalue weighted by molar-refractivity contribution is 0.253. The molecule has 0 aliphatic carbocycles. The van der Waals surface area contributed by atoms with E-state index in [0.29, 0.717) is 13.0 Å². The standard InChI is InChI=1S/C14H24N2O3S/c1-5-8-16(9-10-17)20(18,19)13-7-6-12(2)14(11-13)15(3)4/h6-7,11,17H,5,8-10H2,1-4H3.